The normalized spacial score (nSPS) is 12.1. The van der Waals surface area contributed by atoms with Crippen molar-refractivity contribution in [3.63, 3.8) is 0 Å². The van der Waals surface area contributed by atoms with Gasteiger partial charge in [-0.15, -0.1) is 0 Å². The Hall–Kier alpha value is -3.35. The molecule has 3 rings (SSSR count). The first-order valence-corrected chi connectivity index (χ1v) is 9.52. The average molecular weight is 395 g/mol. The molecule has 0 bridgehead atoms. The van der Waals surface area contributed by atoms with E-state index in [-0.39, 0.29) is 12.0 Å². The van der Waals surface area contributed by atoms with Crippen LogP contribution in [0.4, 0.5) is 0 Å². The van der Waals surface area contributed by atoms with Gasteiger partial charge in [-0.2, -0.15) is 0 Å². The third kappa shape index (κ3) is 4.39. The number of nitrogens with zero attached hydrogens (tertiary/aromatic N) is 1. The van der Waals surface area contributed by atoms with Crippen LogP contribution < -0.4 is 11.4 Å². The van der Waals surface area contributed by atoms with Gasteiger partial charge in [-0.25, -0.2) is 4.79 Å². The summed E-state index contributed by atoms with van der Waals surface area (Å²) in [5, 5.41) is 1.14. The number of H-pyrrole nitrogens is 1. The Kier molecular flexibility index (Phi) is 5.87. The van der Waals surface area contributed by atoms with Gasteiger partial charge in [0.25, 0.3) is 5.91 Å². The molecular weight excluding hydrogens is 370 g/mol. The van der Waals surface area contributed by atoms with Gasteiger partial charge in [0.15, 0.2) is 0 Å². The summed E-state index contributed by atoms with van der Waals surface area (Å²) >= 11 is 0. The summed E-state index contributed by atoms with van der Waals surface area (Å²) < 4.78 is 5.43. The third-order valence-electron chi connectivity index (χ3n) is 5.21. The lowest BCUT2D eigenvalue weighted by atomic mass is 10.0. The van der Waals surface area contributed by atoms with Crippen molar-refractivity contribution in [3.8, 4) is 0 Å². The number of primary amides is 1. The third-order valence-corrected chi connectivity index (χ3v) is 5.21. The lowest BCUT2D eigenvalue weighted by Gasteiger charge is -2.24. The van der Waals surface area contributed by atoms with Crippen molar-refractivity contribution in [1.82, 2.24) is 9.88 Å². The minimum Gasteiger partial charge on any atom is -0.427 e. The highest BCUT2D eigenvalue weighted by molar-refractivity contribution is 5.95. The van der Waals surface area contributed by atoms with Crippen LogP contribution in [0, 0.1) is 6.92 Å². The quantitative estimate of drug-likeness (QED) is 0.641. The van der Waals surface area contributed by atoms with E-state index in [2.05, 4.69) is 4.98 Å². The van der Waals surface area contributed by atoms with Gasteiger partial charge in [0, 0.05) is 43.0 Å². The molecule has 0 aliphatic rings. The maximum atomic E-state index is 12.7. The second kappa shape index (κ2) is 8.34. The van der Waals surface area contributed by atoms with Crippen LogP contribution >= 0.6 is 0 Å². The first-order valence-electron chi connectivity index (χ1n) is 9.52. The van der Waals surface area contributed by atoms with Crippen LogP contribution in [0.1, 0.15) is 40.6 Å². The molecule has 0 radical (unpaired) electrons. The summed E-state index contributed by atoms with van der Waals surface area (Å²) in [5.41, 5.74) is 7.28. The number of aryl methyl sites for hydroxylation is 3. The lowest BCUT2D eigenvalue weighted by molar-refractivity contribution is -0.118. The predicted molar refractivity (Wildman–Crippen MR) is 111 cm³/mol. The van der Waals surface area contributed by atoms with E-state index in [1.54, 1.807) is 27.0 Å². The lowest BCUT2D eigenvalue weighted by Crippen LogP contribution is -2.40. The fraction of sp³-hybridized carbons (Fsp3) is 0.318. The van der Waals surface area contributed by atoms with Gasteiger partial charge >= 0.3 is 5.63 Å². The summed E-state index contributed by atoms with van der Waals surface area (Å²) in [5.74, 6) is -0.455. The van der Waals surface area contributed by atoms with Crippen LogP contribution in [-0.4, -0.2) is 34.8 Å². The molecule has 0 spiro atoms. The van der Waals surface area contributed by atoms with Crippen LogP contribution in [-0.2, 0) is 17.6 Å². The zero-order valence-corrected chi connectivity index (χ0v) is 16.8. The number of fused-ring (bicyclic) bond motifs is 1. The molecule has 3 N–H and O–H groups in total. The Morgan fingerprint density at radius 2 is 1.97 bits per heavy atom. The van der Waals surface area contributed by atoms with Crippen molar-refractivity contribution in [2.75, 3.05) is 7.05 Å². The van der Waals surface area contributed by atoms with Gasteiger partial charge in [-0.3, -0.25) is 9.59 Å². The standard InChI is InChI=1S/C22H25N3O4/c1-13-10-16(9-8-15-12-24-18-7-5-4-6-17(15)18)29-22(28)20(13)21(27)25(3)14(2)11-19(23)26/h4-7,10,12,14,24H,8-9,11H2,1-3H3,(H2,23,26). The highest BCUT2D eigenvalue weighted by Gasteiger charge is 2.24. The van der Waals surface area contributed by atoms with E-state index < -0.39 is 23.5 Å². The first kappa shape index (κ1) is 20.4. The van der Waals surface area contributed by atoms with Gasteiger partial charge in [0.1, 0.15) is 11.3 Å². The Balaban J connectivity index is 1.77. The number of amides is 2. The largest absolute Gasteiger partial charge is 0.427 e. The smallest absolute Gasteiger partial charge is 0.349 e. The molecule has 0 saturated heterocycles. The number of hydrogen-bond acceptors (Lipinski definition) is 4. The van der Waals surface area contributed by atoms with Gasteiger partial charge < -0.3 is 20.0 Å². The topological polar surface area (TPSA) is 109 Å². The number of rotatable bonds is 7. The van der Waals surface area contributed by atoms with E-state index >= 15 is 0 Å². The van der Waals surface area contributed by atoms with Crippen LogP contribution in [0.2, 0.25) is 0 Å². The molecule has 3 aromatic rings. The minimum absolute atomic E-state index is 0.0142. The van der Waals surface area contributed by atoms with E-state index in [4.69, 9.17) is 10.2 Å². The van der Waals surface area contributed by atoms with Crippen molar-refractivity contribution in [2.45, 2.75) is 39.2 Å². The monoisotopic (exact) mass is 395 g/mol. The molecule has 2 heterocycles. The summed E-state index contributed by atoms with van der Waals surface area (Å²) in [6.07, 6.45) is 3.23. The van der Waals surface area contributed by atoms with Crippen LogP contribution in [0.3, 0.4) is 0 Å². The fourth-order valence-electron chi connectivity index (χ4n) is 3.45. The molecule has 152 valence electrons. The van der Waals surface area contributed by atoms with E-state index in [1.165, 1.54) is 4.90 Å². The summed E-state index contributed by atoms with van der Waals surface area (Å²) in [7, 11) is 1.54. The van der Waals surface area contributed by atoms with E-state index in [0.717, 1.165) is 16.5 Å². The van der Waals surface area contributed by atoms with E-state index in [1.807, 2.05) is 30.5 Å². The first-order chi connectivity index (χ1) is 13.8. The number of carbonyl (C=O) groups is 2. The Labute approximate surface area is 168 Å². The molecule has 7 heteroatoms. The van der Waals surface area contributed by atoms with Gasteiger partial charge in [-0.05, 0) is 43.5 Å². The number of para-hydroxylation sites is 1. The number of benzene rings is 1. The Morgan fingerprint density at radius 3 is 2.66 bits per heavy atom. The molecule has 0 fully saturated rings. The molecule has 0 aliphatic heterocycles. The zero-order valence-electron chi connectivity index (χ0n) is 16.8. The van der Waals surface area contributed by atoms with Crippen LogP contribution in [0.25, 0.3) is 10.9 Å². The number of carbonyl (C=O) groups excluding carboxylic acids is 2. The maximum absolute atomic E-state index is 12.7. The second-order valence-corrected chi connectivity index (χ2v) is 7.35. The number of nitrogens with one attached hydrogen (secondary N) is 1. The van der Waals surface area contributed by atoms with Crippen LogP contribution in [0.15, 0.2) is 45.7 Å². The van der Waals surface area contributed by atoms with Crippen molar-refractivity contribution < 1.29 is 14.0 Å². The molecule has 1 unspecified atom stereocenters. The van der Waals surface area contributed by atoms with Crippen molar-refractivity contribution in [3.05, 3.63) is 69.4 Å². The molecule has 29 heavy (non-hydrogen) atoms. The highest BCUT2D eigenvalue weighted by atomic mass is 16.4. The number of hydrogen-bond donors (Lipinski definition) is 2. The maximum Gasteiger partial charge on any atom is 0.349 e. The number of nitrogens with two attached hydrogens (primary N) is 1. The molecule has 7 nitrogen and oxygen atoms in total. The highest BCUT2D eigenvalue weighted by Crippen LogP contribution is 2.20. The molecule has 0 saturated carbocycles. The molecular formula is C22H25N3O4. The summed E-state index contributed by atoms with van der Waals surface area (Å²) in [4.78, 5) is 40.9. The van der Waals surface area contributed by atoms with Crippen molar-refractivity contribution in [2.24, 2.45) is 5.73 Å². The Bertz CT molecular complexity index is 1110. The van der Waals surface area contributed by atoms with Crippen molar-refractivity contribution >= 4 is 22.7 Å². The number of aromatic amines is 1. The zero-order chi connectivity index (χ0) is 21.1. The molecule has 1 atom stereocenters. The predicted octanol–water partition coefficient (Wildman–Crippen LogP) is 2.55. The molecule has 2 amide bonds. The van der Waals surface area contributed by atoms with Crippen LogP contribution in [0.5, 0.6) is 0 Å². The summed E-state index contributed by atoms with van der Waals surface area (Å²) in [6.45, 7) is 3.42. The average Bonchev–Trinajstić information content (AvgIpc) is 3.07. The van der Waals surface area contributed by atoms with Gasteiger partial charge in [-0.1, -0.05) is 18.2 Å². The van der Waals surface area contributed by atoms with Crippen molar-refractivity contribution in [1.29, 1.82) is 0 Å². The van der Waals surface area contributed by atoms with Gasteiger partial charge in [0.2, 0.25) is 5.91 Å². The number of aromatic nitrogens is 1. The second-order valence-electron chi connectivity index (χ2n) is 7.35. The SMILES string of the molecule is Cc1cc(CCc2c[nH]c3ccccc23)oc(=O)c1C(=O)N(C)C(C)CC(N)=O. The molecule has 1 aromatic carbocycles. The Morgan fingerprint density at radius 1 is 1.24 bits per heavy atom. The molecule has 2 aromatic heterocycles. The minimum atomic E-state index is -0.665. The molecule has 0 aliphatic carbocycles. The van der Waals surface area contributed by atoms with Gasteiger partial charge in [0.05, 0.1) is 0 Å². The van der Waals surface area contributed by atoms with E-state index in [0.29, 0.717) is 24.2 Å². The summed E-state index contributed by atoms with van der Waals surface area (Å²) in [6, 6.07) is 9.34. The van der Waals surface area contributed by atoms with E-state index in [9.17, 15) is 14.4 Å². The fourth-order valence-corrected chi connectivity index (χ4v) is 3.45.